The fourth-order valence-electron chi connectivity index (χ4n) is 4.41. The van der Waals surface area contributed by atoms with Gasteiger partial charge in [0.15, 0.2) is 0 Å². The summed E-state index contributed by atoms with van der Waals surface area (Å²) in [6, 6.07) is 12.5. The molecule has 17 heteroatoms. The molecule has 0 N–H and O–H groups in total. The van der Waals surface area contributed by atoms with Crippen molar-refractivity contribution in [1.29, 1.82) is 0 Å². The summed E-state index contributed by atoms with van der Waals surface area (Å²) in [6.45, 7) is 3.16. The third-order valence-corrected chi connectivity index (χ3v) is 6.65. The van der Waals surface area contributed by atoms with E-state index < -0.39 is 23.2 Å². The highest BCUT2D eigenvalue weighted by Crippen LogP contribution is 2.27. The van der Waals surface area contributed by atoms with Gasteiger partial charge < -0.3 is 14.2 Å². The number of alkyl halides is 6. The van der Waals surface area contributed by atoms with Crippen LogP contribution in [0.15, 0.2) is 53.1 Å². The van der Waals surface area contributed by atoms with Crippen LogP contribution in [0.1, 0.15) is 11.4 Å². The Bertz CT molecular complexity index is 1590. The summed E-state index contributed by atoms with van der Waals surface area (Å²) in [5.41, 5.74) is 2.11. The van der Waals surface area contributed by atoms with Crippen molar-refractivity contribution in [2.45, 2.75) is 26.0 Å². The highest BCUT2D eigenvalue weighted by atomic mass is 19.4. The normalized spacial score (nSPS) is 15.4. The molecule has 4 aromatic rings. The van der Waals surface area contributed by atoms with Gasteiger partial charge in [0, 0.05) is 11.3 Å². The van der Waals surface area contributed by atoms with E-state index in [2.05, 4.69) is 25.0 Å². The molecule has 1 saturated heterocycles. The number of rotatable bonds is 7. The third-order valence-electron chi connectivity index (χ3n) is 6.65. The first-order valence-corrected chi connectivity index (χ1v) is 12.8. The van der Waals surface area contributed by atoms with E-state index in [-0.39, 0.29) is 36.4 Å². The molecule has 2 aromatic heterocycles. The maximum atomic E-state index is 12.6. The van der Waals surface area contributed by atoms with Gasteiger partial charge in [-0.1, -0.05) is 17.3 Å². The van der Waals surface area contributed by atoms with Gasteiger partial charge in [-0.15, -0.1) is 22.9 Å². The average Bonchev–Trinajstić information content (AvgIpc) is 3.55. The second kappa shape index (κ2) is 11.2. The van der Waals surface area contributed by atoms with Gasteiger partial charge in [0.05, 0.1) is 19.6 Å². The molecule has 228 valence electrons. The lowest BCUT2D eigenvalue weighted by Crippen LogP contribution is -2.59. The van der Waals surface area contributed by atoms with Gasteiger partial charge in [-0.2, -0.15) is 18.2 Å². The molecule has 0 saturated carbocycles. The minimum Gasteiger partial charge on any atom is -0.406 e. The Morgan fingerprint density at radius 3 is 2.35 bits per heavy atom. The number of carbonyl (C=O) groups is 1. The van der Waals surface area contributed by atoms with Crippen LogP contribution >= 0.6 is 0 Å². The number of hydrogen-bond acceptors (Lipinski definition) is 9. The lowest BCUT2D eigenvalue weighted by Gasteiger charge is -2.39. The maximum Gasteiger partial charge on any atom is 0.573 e. The highest BCUT2D eigenvalue weighted by molar-refractivity contribution is 5.74. The Labute approximate surface area is 239 Å². The van der Waals surface area contributed by atoms with Crippen molar-refractivity contribution >= 4 is 11.7 Å². The van der Waals surface area contributed by atoms with E-state index >= 15 is 0 Å². The summed E-state index contributed by atoms with van der Waals surface area (Å²) in [7, 11) is 1.44. The molecule has 1 aliphatic heterocycles. The number of benzene rings is 2. The van der Waals surface area contributed by atoms with Crippen molar-refractivity contribution in [3.63, 3.8) is 0 Å². The van der Waals surface area contributed by atoms with E-state index in [1.54, 1.807) is 11.6 Å². The molecule has 1 aliphatic rings. The minimum absolute atomic E-state index is 0.0157. The quantitative estimate of drug-likeness (QED) is 0.220. The van der Waals surface area contributed by atoms with E-state index in [4.69, 9.17) is 9.36 Å². The standard InChI is InChI=1S/C26H24F6N7O4/c1-16-33-22(23-34-21(36-42-23)18-6-8-20(9-7-18)41-26(30,31)32)35-38(16)15-17-4-3-5-19(14-17)37-10-12-39(2,13-11-37)43-24(40)25(27,28)29/h3-9,14H,10-13,15H2,1-2H3/q+1. The molecule has 3 heterocycles. The van der Waals surface area contributed by atoms with Crippen molar-refractivity contribution in [3.05, 3.63) is 59.9 Å². The molecule has 0 aliphatic carbocycles. The third kappa shape index (κ3) is 7.22. The van der Waals surface area contributed by atoms with Gasteiger partial charge in [0.2, 0.25) is 11.6 Å². The number of carbonyl (C=O) groups excluding carboxylic acids is 1. The van der Waals surface area contributed by atoms with Gasteiger partial charge >= 0.3 is 18.5 Å². The highest BCUT2D eigenvalue weighted by Gasteiger charge is 2.47. The Balaban J connectivity index is 1.23. The summed E-state index contributed by atoms with van der Waals surface area (Å²) in [6.07, 6.45) is -9.86. The van der Waals surface area contributed by atoms with Crippen LogP contribution in [0, 0.1) is 6.92 Å². The van der Waals surface area contributed by atoms with E-state index in [9.17, 15) is 31.1 Å². The smallest absolute Gasteiger partial charge is 0.406 e. The van der Waals surface area contributed by atoms with Crippen LogP contribution < -0.4 is 9.64 Å². The fraction of sp³-hybridized carbons (Fsp3) is 0.346. The number of piperazine rings is 1. The lowest BCUT2D eigenvalue weighted by molar-refractivity contribution is -1.08. The molecule has 0 atom stereocenters. The Hall–Kier alpha value is -4.67. The largest absolute Gasteiger partial charge is 0.573 e. The van der Waals surface area contributed by atoms with Crippen molar-refractivity contribution < 1.29 is 49.9 Å². The molecule has 0 amide bonds. The monoisotopic (exact) mass is 612 g/mol. The van der Waals surface area contributed by atoms with Gasteiger partial charge in [-0.3, -0.25) is 4.84 Å². The van der Waals surface area contributed by atoms with Crippen LogP contribution in [0.3, 0.4) is 0 Å². The molecule has 2 aromatic carbocycles. The maximum absolute atomic E-state index is 12.6. The number of aryl methyl sites for hydroxylation is 1. The number of hydroxylamine groups is 3. The predicted octanol–water partition coefficient (Wildman–Crippen LogP) is 4.54. The number of anilines is 1. The summed E-state index contributed by atoms with van der Waals surface area (Å²) in [4.78, 5) is 26.6. The summed E-state index contributed by atoms with van der Waals surface area (Å²) >= 11 is 0. The molecule has 0 spiro atoms. The summed E-state index contributed by atoms with van der Waals surface area (Å²) in [5, 5.41) is 8.32. The SMILES string of the molecule is Cc1nc(-c2nc(-c3ccc(OC(F)(F)F)cc3)no2)nn1Cc1cccc(N2CC[N+](C)(OC(=O)C(F)(F)F)CC2)c1. The van der Waals surface area contributed by atoms with Crippen molar-refractivity contribution in [2.24, 2.45) is 0 Å². The zero-order chi connectivity index (χ0) is 31.0. The Morgan fingerprint density at radius 1 is 1.00 bits per heavy atom. The molecular weight excluding hydrogens is 588 g/mol. The zero-order valence-corrected chi connectivity index (χ0v) is 22.7. The Morgan fingerprint density at radius 2 is 1.70 bits per heavy atom. The number of hydrogen-bond donors (Lipinski definition) is 0. The molecule has 0 bridgehead atoms. The van der Waals surface area contributed by atoms with Crippen molar-refractivity contribution in [2.75, 3.05) is 38.1 Å². The van der Waals surface area contributed by atoms with Crippen molar-refractivity contribution in [3.8, 4) is 28.9 Å². The number of ether oxygens (including phenoxy) is 1. The number of likely N-dealkylation sites (N-methyl/N-ethyl adjacent to an activating group) is 1. The summed E-state index contributed by atoms with van der Waals surface area (Å²) < 4.78 is 85.4. The zero-order valence-electron chi connectivity index (χ0n) is 22.7. The van der Waals surface area contributed by atoms with Gasteiger partial charge in [0.25, 0.3) is 5.89 Å². The Kier molecular flexibility index (Phi) is 7.76. The molecule has 5 rings (SSSR count). The molecular formula is C26H24F6N7O4+. The van der Waals surface area contributed by atoms with Gasteiger partial charge in [0.1, 0.15) is 31.7 Å². The molecule has 11 nitrogen and oxygen atoms in total. The second-order valence-corrected chi connectivity index (χ2v) is 9.91. The van der Waals surface area contributed by atoms with Crippen LogP contribution in [0.2, 0.25) is 0 Å². The number of quaternary nitrogens is 1. The van der Waals surface area contributed by atoms with Gasteiger partial charge in [-0.05, 0) is 48.9 Å². The lowest BCUT2D eigenvalue weighted by atomic mass is 10.1. The number of halogens is 6. The topological polar surface area (TPSA) is 108 Å². The predicted molar refractivity (Wildman–Crippen MR) is 136 cm³/mol. The second-order valence-electron chi connectivity index (χ2n) is 9.91. The van der Waals surface area contributed by atoms with E-state index in [1.165, 1.54) is 19.2 Å². The summed E-state index contributed by atoms with van der Waals surface area (Å²) in [5.74, 6) is -1.75. The number of nitrogens with zero attached hydrogens (tertiary/aromatic N) is 7. The first-order chi connectivity index (χ1) is 20.2. The van der Waals surface area contributed by atoms with Crippen molar-refractivity contribution in [1.82, 2.24) is 24.9 Å². The fourth-order valence-corrected chi connectivity index (χ4v) is 4.41. The first-order valence-electron chi connectivity index (χ1n) is 12.8. The molecule has 43 heavy (non-hydrogen) atoms. The molecule has 0 unspecified atom stereocenters. The van der Waals surface area contributed by atoms with E-state index in [0.29, 0.717) is 31.0 Å². The average molecular weight is 613 g/mol. The van der Waals surface area contributed by atoms with E-state index in [1.807, 2.05) is 29.2 Å². The van der Waals surface area contributed by atoms with Crippen LogP contribution in [-0.4, -0.2) is 81.3 Å². The van der Waals surface area contributed by atoms with E-state index in [0.717, 1.165) is 23.4 Å². The van der Waals surface area contributed by atoms with Crippen LogP contribution in [0.25, 0.3) is 23.1 Å². The van der Waals surface area contributed by atoms with Crippen LogP contribution in [0.5, 0.6) is 5.75 Å². The minimum atomic E-state index is -5.05. The number of aromatic nitrogens is 5. The van der Waals surface area contributed by atoms with Crippen LogP contribution in [-0.2, 0) is 16.2 Å². The molecule has 1 fully saturated rings. The van der Waals surface area contributed by atoms with Gasteiger partial charge in [-0.25, -0.2) is 14.5 Å². The van der Waals surface area contributed by atoms with Crippen LogP contribution in [0.4, 0.5) is 32.0 Å². The molecule has 0 radical (unpaired) electrons. The first kappa shape index (κ1) is 29.8.